The van der Waals surface area contributed by atoms with Gasteiger partial charge in [-0.2, -0.15) is 6.92 Å². The van der Waals surface area contributed by atoms with E-state index in [2.05, 4.69) is 32.6 Å². The fourth-order valence-electron chi connectivity index (χ4n) is 2.82. The third kappa shape index (κ3) is 13.1. The van der Waals surface area contributed by atoms with Crippen molar-refractivity contribution in [1.82, 2.24) is 9.80 Å². The van der Waals surface area contributed by atoms with Gasteiger partial charge in [0.2, 0.25) is 0 Å². The minimum absolute atomic E-state index is 0. The number of rotatable bonds is 10. The first-order chi connectivity index (χ1) is 13.1. The quantitative estimate of drug-likeness (QED) is 0.380. The standard InChI is InChI=1S/C13H24NO.C10H20NO.C2H6.K/c1-8-9-13(6,12(15)10(2)3)14(7)11(4)5;1-7(2)10(12)9(5)11(6)8(3)4;1-2;/h1,8,10-11H,9H2,2-7H3;7-8H,1-6H3;1-2H3;/q2*-1;;+1. The number of ketones is 2. The van der Waals surface area contributed by atoms with Crippen LogP contribution in [0.4, 0.5) is 0 Å². The number of likely N-dealkylation sites (N-methyl/N-ethyl adjacent to an activating group) is 2. The van der Waals surface area contributed by atoms with E-state index in [4.69, 9.17) is 6.58 Å². The molecule has 0 amide bonds. The van der Waals surface area contributed by atoms with Gasteiger partial charge in [-0.1, -0.05) is 55.4 Å². The van der Waals surface area contributed by atoms with Crippen molar-refractivity contribution >= 4 is 11.6 Å². The molecule has 0 saturated carbocycles. The van der Waals surface area contributed by atoms with Gasteiger partial charge in [0.1, 0.15) is 0 Å². The van der Waals surface area contributed by atoms with E-state index in [1.165, 1.54) is 0 Å². The number of hydrogen-bond donors (Lipinski definition) is 0. The van der Waals surface area contributed by atoms with Crippen LogP contribution < -0.4 is 51.4 Å². The van der Waals surface area contributed by atoms with E-state index in [1.807, 2.05) is 74.4 Å². The van der Waals surface area contributed by atoms with Gasteiger partial charge in [0.05, 0.1) is 5.54 Å². The number of carbonyl (C=O) groups excluding carboxylic acids is 2. The predicted octanol–water partition coefficient (Wildman–Crippen LogP) is 2.82. The molecule has 0 rings (SSSR count). The predicted molar refractivity (Wildman–Crippen MR) is 128 cm³/mol. The average molecular weight is 450 g/mol. The van der Waals surface area contributed by atoms with E-state index in [1.54, 1.807) is 6.08 Å². The van der Waals surface area contributed by atoms with E-state index in [-0.39, 0.29) is 74.8 Å². The molecule has 0 aliphatic rings. The molecule has 174 valence electrons. The summed E-state index contributed by atoms with van der Waals surface area (Å²) in [6.07, 6.45) is 2.18. The van der Waals surface area contributed by atoms with E-state index in [9.17, 15) is 9.59 Å². The van der Waals surface area contributed by atoms with Crippen LogP contribution in [0.1, 0.15) is 89.5 Å². The summed E-state index contributed by atoms with van der Waals surface area (Å²) in [5, 5.41) is 0. The second kappa shape index (κ2) is 19.0. The number of Topliss-reactive ketones (excluding diaryl/α,β-unsaturated/α-hetero) is 2. The minimum atomic E-state index is -0.475. The summed E-state index contributed by atoms with van der Waals surface area (Å²) in [7, 11) is 3.94. The molecule has 1 atom stereocenters. The van der Waals surface area contributed by atoms with E-state index in [0.29, 0.717) is 18.5 Å². The molecule has 0 aromatic rings. The molecular weight excluding hydrogens is 399 g/mol. The normalized spacial score (nSPS) is 12.7. The van der Waals surface area contributed by atoms with Gasteiger partial charge in [-0.15, -0.1) is 0 Å². The maximum Gasteiger partial charge on any atom is 1.00 e. The van der Waals surface area contributed by atoms with Crippen LogP contribution in [0.3, 0.4) is 0 Å². The van der Waals surface area contributed by atoms with Gasteiger partial charge in [0, 0.05) is 17.7 Å². The van der Waals surface area contributed by atoms with Gasteiger partial charge in [-0.3, -0.25) is 21.8 Å². The van der Waals surface area contributed by atoms with Gasteiger partial charge in [0.25, 0.3) is 0 Å². The van der Waals surface area contributed by atoms with Crippen LogP contribution in [-0.4, -0.2) is 53.1 Å². The molecule has 0 aromatic heterocycles. The van der Waals surface area contributed by atoms with Crippen molar-refractivity contribution in [2.24, 2.45) is 11.8 Å². The summed E-state index contributed by atoms with van der Waals surface area (Å²) in [5.41, 5.74) is -0.475. The fourth-order valence-corrected chi connectivity index (χ4v) is 2.82. The summed E-state index contributed by atoms with van der Waals surface area (Å²) in [4.78, 5) is 27.8. The number of carbonyl (C=O) groups is 2. The number of nitrogens with zero attached hydrogens (tertiary/aromatic N) is 2. The first-order valence-electron chi connectivity index (χ1n) is 11.1. The van der Waals surface area contributed by atoms with E-state index >= 15 is 0 Å². The largest absolute Gasteiger partial charge is 1.00 e. The molecule has 0 saturated heterocycles. The molecule has 1 unspecified atom stereocenters. The molecular formula is C25H50KN2O2-. The van der Waals surface area contributed by atoms with Crippen molar-refractivity contribution in [3.8, 4) is 0 Å². The fraction of sp³-hybridized carbons (Fsp3) is 0.800. The molecule has 0 aliphatic heterocycles. The molecule has 0 N–H and O–H groups in total. The molecule has 30 heavy (non-hydrogen) atoms. The zero-order chi connectivity index (χ0) is 24.1. The van der Waals surface area contributed by atoms with Crippen molar-refractivity contribution < 1.29 is 61.0 Å². The van der Waals surface area contributed by atoms with Crippen molar-refractivity contribution in [3.05, 3.63) is 18.7 Å². The Kier molecular flexibility index (Phi) is 24.0. The Morgan fingerprint density at radius 3 is 1.57 bits per heavy atom. The first-order valence-corrected chi connectivity index (χ1v) is 11.1. The Hall–Kier alpha value is 0.506. The van der Waals surface area contributed by atoms with Crippen molar-refractivity contribution in [1.29, 1.82) is 0 Å². The first kappa shape index (κ1) is 37.8. The van der Waals surface area contributed by atoms with Crippen molar-refractivity contribution in [3.63, 3.8) is 0 Å². The van der Waals surface area contributed by atoms with Crippen LogP contribution in [0.15, 0.2) is 6.08 Å². The number of hydrogen-bond acceptors (Lipinski definition) is 4. The summed E-state index contributed by atoms with van der Waals surface area (Å²) >= 11 is 0. The topological polar surface area (TPSA) is 40.6 Å². The molecule has 0 fully saturated rings. The molecule has 0 radical (unpaired) electrons. The van der Waals surface area contributed by atoms with Crippen LogP contribution in [0.25, 0.3) is 0 Å². The molecule has 0 aliphatic carbocycles. The molecule has 0 heterocycles. The van der Waals surface area contributed by atoms with Crippen LogP contribution in [0, 0.1) is 24.5 Å². The molecule has 0 spiro atoms. The summed E-state index contributed by atoms with van der Waals surface area (Å²) in [6, 6.07) is 1.59. The average Bonchev–Trinajstić information content (AvgIpc) is 2.66. The molecule has 0 aromatic carbocycles. The van der Waals surface area contributed by atoms with Gasteiger partial charge in [-0.25, -0.2) is 0 Å². The SMILES string of the molecule is CC.C[C-](C(=O)C(C)C)N(C)C(C)C.[CH-]=CCC(C)(C(=O)C(C)C)N(C)C(C)C.[K+]. The molecule has 5 heteroatoms. The van der Waals surface area contributed by atoms with Crippen LogP contribution in [0.2, 0.25) is 0 Å². The van der Waals surface area contributed by atoms with Crippen LogP contribution in [0.5, 0.6) is 0 Å². The Morgan fingerprint density at radius 2 is 1.33 bits per heavy atom. The Labute approximate surface area is 232 Å². The third-order valence-corrected chi connectivity index (χ3v) is 5.31. The minimum Gasteiger partial charge on any atom is -0.518 e. The van der Waals surface area contributed by atoms with Crippen molar-refractivity contribution in [2.45, 2.75) is 107 Å². The Bertz CT molecular complexity index is 476. The monoisotopic (exact) mass is 449 g/mol. The smallest absolute Gasteiger partial charge is 0.518 e. The molecule has 4 nitrogen and oxygen atoms in total. The zero-order valence-corrected chi connectivity index (χ0v) is 26.0. The maximum atomic E-state index is 12.2. The van der Waals surface area contributed by atoms with Gasteiger partial charge >= 0.3 is 51.4 Å². The second-order valence-corrected chi connectivity index (χ2v) is 8.75. The van der Waals surface area contributed by atoms with Crippen LogP contribution in [-0.2, 0) is 9.59 Å². The molecule has 0 bridgehead atoms. The van der Waals surface area contributed by atoms with Crippen molar-refractivity contribution in [2.75, 3.05) is 14.1 Å². The van der Waals surface area contributed by atoms with Crippen LogP contribution >= 0.6 is 0 Å². The Morgan fingerprint density at radius 1 is 0.933 bits per heavy atom. The zero-order valence-electron chi connectivity index (χ0n) is 22.9. The van der Waals surface area contributed by atoms with Gasteiger partial charge in [0.15, 0.2) is 5.78 Å². The van der Waals surface area contributed by atoms with Gasteiger partial charge in [-0.05, 0) is 53.2 Å². The van der Waals surface area contributed by atoms with E-state index < -0.39 is 5.54 Å². The second-order valence-electron chi connectivity index (χ2n) is 8.75. The summed E-state index contributed by atoms with van der Waals surface area (Å²) in [6.45, 7) is 29.4. The van der Waals surface area contributed by atoms with Gasteiger partial charge < -0.3 is 16.3 Å². The van der Waals surface area contributed by atoms with E-state index in [0.717, 1.165) is 6.04 Å². The summed E-state index contributed by atoms with van der Waals surface area (Å²) < 4.78 is 0. The maximum absolute atomic E-state index is 12.2. The summed E-state index contributed by atoms with van der Waals surface area (Å²) in [5.74, 6) is 0.633. The Balaban J connectivity index is -0.000000205. The third-order valence-electron chi connectivity index (χ3n) is 5.31.